The fraction of sp³-hybridized carbons (Fsp3) is 0.654. The minimum atomic E-state index is -0.622. The summed E-state index contributed by atoms with van der Waals surface area (Å²) in [6.45, 7) is 5.90. The zero-order valence-electron chi connectivity index (χ0n) is 21.3. The van der Waals surface area contributed by atoms with Gasteiger partial charge in [0, 0.05) is 0 Å². The van der Waals surface area contributed by atoms with Crippen molar-refractivity contribution < 1.29 is 19.1 Å². The molecule has 35 heavy (non-hydrogen) atoms. The van der Waals surface area contributed by atoms with Gasteiger partial charge in [-0.3, -0.25) is 14.4 Å². The molecule has 2 saturated heterocycles. The lowest BCUT2D eigenvalue weighted by atomic mass is 9.83. The van der Waals surface area contributed by atoms with Crippen molar-refractivity contribution in [3.63, 3.8) is 0 Å². The third-order valence-corrected chi connectivity index (χ3v) is 8.92. The first-order valence-corrected chi connectivity index (χ1v) is 13.6. The second kappa shape index (κ2) is 10.4. The summed E-state index contributed by atoms with van der Waals surface area (Å²) >= 11 is 1.71. The molecule has 0 unspecified atom stereocenters. The van der Waals surface area contributed by atoms with Crippen LogP contribution >= 0.6 is 11.8 Å². The van der Waals surface area contributed by atoms with Crippen molar-refractivity contribution in [1.82, 2.24) is 20.9 Å². The van der Waals surface area contributed by atoms with E-state index in [0.29, 0.717) is 6.42 Å². The largest absolute Gasteiger partial charge is 0.497 e. The number of carbonyl (C=O) groups excluding carboxylic acids is 3. The lowest BCUT2D eigenvalue weighted by Crippen LogP contribution is -2.58. The molecule has 1 aliphatic carbocycles. The van der Waals surface area contributed by atoms with E-state index < -0.39 is 18.1 Å². The summed E-state index contributed by atoms with van der Waals surface area (Å²) < 4.78 is 5.38. The van der Waals surface area contributed by atoms with Crippen LogP contribution in [-0.2, 0) is 20.8 Å². The van der Waals surface area contributed by atoms with Crippen molar-refractivity contribution in [3.05, 3.63) is 29.3 Å². The van der Waals surface area contributed by atoms with Gasteiger partial charge in [0.25, 0.3) is 0 Å². The lowest BCUT2D eigenvalue weighted by Gasteiger charge is -2.36. The van der Waals surface area contributed by atoms with Gasteiger partial charge in [0.1, 0.15) is 17.8 Å². The molecule has 2 aliphatic heterocycles. The quantitative estimate of drug-likeness (QED) is 0.552. The zero-order valence-corrected chi connectivity index (χ0v) is 22.2. The summed E-state index contributed by atoms with van der Waals surface area (Å²) in [5.74, 6) is 1.10. The number of benzene rings is 1. The summed E-state index contributed by atoms with van der Waals surface area (Å²) in [5, 5.41) is 9.05. The molecule has 3 amide bonds. The molecular weight excluding hydrogens is 464 g/mol. The molecule has 0 saturated carbocycles. The van der Waals surface area contributed by atoms with Crippen molar-refractivity contribution in [2.45, 2.75) is 82.4 Å². The predicted octanol–water partition coefficient (Wildman–Crippen LogP) is 2.37. The van der Waals surface area contributed by atoms with E-state index in [1.165, 1.54) is 5.56 Å². The molecule has 0 aromatic heterocycles. The van der Waals surface area contributed by atoms with Gasteiger partial charge in [0.15, 0.2) is 0 Å². The van der Waals surface area contributed by atoms with Gasteiger partial charge in [0.05, 0.1) is 24.6 Å². The minimum Gasteiger partial charge on any atom is -0.497 e. The molecule has 0 radical (unpaired) electrons. The average Bonchev–Trinajstić information content (AvgIpc) is 3.03. The van der Waals surface area contributed by atoms with Crippen LogP contribution in [0.5, 0.6) is 5.75 Å². The Morgan fingerprint density at radius 2 is 1.97 bits per heavy atom. The van der Waals surface area contributed by atoms with E-state index in [2.05, 4.69) is 35.9 Å². The number of rotatable bonds is 6. The van der Waals surface area contributed by atoms with Crippen molar-refractivity contribution in [1.29, 1.82) is 0 Å². The van der Waals surface area contributed by atoms with E-state index in [0.717, 1.165) is 42.7 Å². The van der Waals surface area contributed by atoms with E-state index in [4.69, 9.17) is 4.74 Å². The smallest absolute Gasteiger partial charge is 0.246 e. The Balaban J connectivity index is 1.56. The number of thioether (sulfide) groups is 1. The number of aryl methyl sites for hydroxylation is 1. The number of carbonyl (C=O) groups is 3. The molecule has 0 bridgehead atoms. The highest BCUT2D eigenvalue weighted by Crippen LogP contribution is 2.46. The number of ether oxygens (including phenoxy) is 1. The van der Waals surface area contributed by atoms with Gasteiger partial charge in [-0.15, -0.1) is 11.8 Å². The van der Waals surface area contributed by atoms with Gasteiger partial charge in [-0.1, -0.05) is 19.9 Å². The van der Waals surface area contributed by atoms with Gasteiger partial charge in [-0.2, -0.15) is 0 Å². The third kappa shape index (κ3) is 5.16. The summed E-state index contributed by atoms with van der Waals surface area (Å²) in [4.78, 5) is 41.8. The van der Waals surface area contributed by atoms with Crippen molar-refractivity contribution in [2.24, 2.45) is 5.41 Å². The van der Waals surface area contributed by atoms with Gasteiger partial charge in [-0.25, -0.2) is 0 Å². The Hall–Kier alpha value is -2.26. The molecule has 2 fully saturated rings. The highest BCUT2D eigenvalue weighted by Gasteiger charge is 2.54. The first-order valence-electron chi connectivity index (χ1n) is 12.5. The number of hydrogen-bond donors (Lipinski definition) is 3. The van der Waals surface area contributed by atoms with Crippen molar-refractivity contribution in [2.75, 3.05) is 19.9 Å². The van der Waals surface area contributed by atoms with E-state index in [1.54, 1.807) is 37.7 Å². The zero-order chi connectivity index (χ0) is 25.3. The maximum absolute atomic E-state index is 13.8. The fourth-order valence-electron chi connectivity index (χ4n) is 5.60. The molecule has 4 rings (SSSR count). The van der Waals surface area contributed by atoms with Gasteiger partial charge in [-0.05, 0) is 80.5 Å². The maximum Gasteiger partial charge on any atom is 0.246 e. The monoisotopic (exact) mass is 502 g/mol. The lowest BCUT2D eigenvalue weighted by molar-refractivity contribution is -0.144. The number of nitrogens with zero attached hydrogens (tertiary/aromatic N) is 1. The summed E-state index contributed by atoms with van der Waals surface area (Å²) in [5.41, 5.74) is 1.95. The summed E-state index contributed by atoms with van der Waals surface area (Å²) in [6.07, 6.45) is 4.12. The Morgan fingerprint density at radius 3 is 2.69 bits per heavy atom. The first-order chi connectivity index (χ1) is 16.7. The van der Waals surface area contributed by atoms with E-state index in [1.807, 2.05) is 12.1 Å². The Kier molecular flexibility index (Phi) is 7.66. The number of nitrogens with one attached hydrogen (secondary N) is 3. The van der Waals surface area contributed by atoms with Crippen LogP contribution in [0.2, 0.25) is 0 Å². The molecular formula is C26H38N4O4S. The van der Waals surface area contributed by atoms with E-state index >= 15 is 0 Å². The molecule has 1 aromatic rings. The van der Waals surface area contributed by atoms with Crippen LogP contribution in [-0.4, -0.2) is 66.0 Å². The maximum atomic E-state index is 13.8. The van der Waals surface area contributed by atoms with Crippen LogP contribution in [0.1, 0.15) is 63.6 Å². The van der Waals surface area contributed by atoms with Gasteiger partial charge >= 0.3 is 0 Å². The minimum absolute atomic E-state index is 0.0696. The standard InChI is InChI=1S/C26H38N4O4S/c1-15(27-4)23(31)29-20-11-12-35-21-14-26(2,3)22(30(21)25(20)33)24(32)28-19-8-6-7-16-13-17(34-5)9-10-18(16)19/h9-10,13,15,19-22,27H,6-8,11-12,14H2,1-5H3,(H,28,32)(H,29,31)/t15-,19+,20-,21-,22+/m0/s1. The average molecular weight is 503 g/mol. The van der Waals surface area contributed by atoms with Gasteiger partial charge in [0.2, 0.25) is 17.7 Å². The molecule has 3 aliphatic rings. The Bertz CT molecular complexity index is 984. The third-order valence-electron chi connectivity index (χ3n) is 7.67. The highest BCUT2D eigenvalue weighted by molar-refractivity contribution is 7.99. The van der Waals surface area contributed by atoms with Crippen LogP contribution < -0.4 is 20.7 Å². The summed E-state index contributed by atoms with van der Waals surface area (Å²) in [7, 11) is 3.38. The number of hydrogen-bond acceptors (Lipinski definition) is 6. The van der Waals surface area contributed by atoms with Crippen molar-refractivity contribution >= 4 is 29.5 Å². The van der Waals surface area contributed by atoms with Crippen LogP contribution in [0.3, 0.4) is 0 Å². The number of likely N-dealkylation sites (N-methyl/N-ethyl adjacent to an activating group) is 1. The molecule has 3 N–H and O–H groups in total. The van der Waals surface area contributed by atoms with Crippen molar-refractivity contribution in [3.8, 4) is 5.75 Å². The predicted molar refractivity (Wildman–Crippen MR) is 137 cm³/mol. The molecule has 0 spiro atoms. The fourth-order valence-corrected chi connectivity index (χ4v) is 7.18. The molecule has 2 heterocycles. The molecule has 8 nitrogen and oxygen atoms in total. The molecule has 192 valence electrons. The van der Waals surface area contributed by atoms with Crippen LogP contribution in [0.4, 0.5) is 0 Å². The SMILES string of the molecule is CN[C@@H](C)C(=O)N[C@H]1CCS[C@H]2CC(C)(C)[C@@H](C(=O)N[C@@H]3CCCc4cc(OC)ccc43)N2C1=O. The molecule has 5 atom stereocenters. The van der Waals surface area contributed by atoms with E-state index in [9.17, 15) is 14.4 Å². The topological polar surface area (TPSA) is 99.8 Å². The van der Waals surface area contributed by atoms with E-state index in [-0.39, 0.29) is 34.6 Å². The van der Waals surface area contributed by atoms with Crippen LogP contribution in [0.15, 0.2) is 18.2 Å². The molecule has 1 aromatic carbocycles. The number of fused-ring (bicyclic) bond motifs is 2. The second-order valence-electron chi connectivity index (χ2n) is 10.5. The van der Waals surface area contributed by atoms with Gasteiger partial charge < -0.3 is 25.6 Å². The molecule has 9 heteroatoms. The first kappa shape index (κ1) is 25.8. The van der Waals surface area contributed by atoms with Crippen LogP contribution in [0.25, 0.3) is 0 Å². The number of methoxy groups -OCH3 is 1. The Labute approximate surface area is 212 Å². The van der Waals surface area contributed by atoms with Crippen LogP contribution in [0, 0.1) is 5.41 Å². The second-order valence-corrected chi connectivity index (χ2v) is 11.8. The Morgan fingerprint density at radius 1 is 1.20 bits per heavy atom. The normalized spacial score (nSPS) is 28.4. The summed E-state index contributed by atoms with van der Waals surface area (Å²) in [6, 6.07) is 4.34. The highest BCUT2D eigenvalue weighted by atomic mass is 32.2. The number of amides is 3.